The molecule has 0 atom stereocenters. The summed E-state index contributed by atoms with van der Waals surface area (Å²) in [5.41, 5.74) is 0.984. The van der Waals surface area contributed by atoms with Crippen LogP contribution in [0.3, 0.4) is 0 Å². The second-order valence-electron chi connectivity index (χ2n) is 4.25. The monoisotopic (exact) mass is 289 g/mol. The predicted octanol–water partition coefficient (Wildman–Crippen LogP) is 4.44. The molecule has 0 bridgehead atoms. The molecule has 4 heteroatoms. The van der Waals surface area contributed by atoms with Crippen molar-refractivity contribution in [1.82, 2.24) is 0 Å². The smallest absolute Gasteiger partial charge is 0.248 e. The van der Waals surface area contributed by atoms with E-state index in [0.717, 1.165) is 10.2 Å². The predicted molar refractivity (Wildman–Crippen MR) is 65.0 cm³/mol. The lowest BCUT2D eigenvalue weighted by molar-refractivity contribution is -0.0360. The molecule has 0 aromatic heterocycles. The maximum Gasteiger partial charge on any atom is 0.248 e. The summed E-state index contributed by atoms with van der Waals surface area (Å²) in [5, 5.41) is 3.31. The summed E-state index contributed by atoms with van der Waals surface area (Å²) < 4.78 is 26.9. The van der Waals surface area contributed by atoms with Crippen LogP contribution in [0.4, 0.5) is 14.5 Å². The Hall–Kier alpha value is -0.640. The highest BCUT2D eigenvalue weighted by Crippen LogP contribution is 2.35. The molecule has 1 aliphatic rings. The van der Waals surface area contributed by atoms with Crippen molar-refractivity contribution in [3.63, 3.8) is 0 Å². The number of anilines is 1. The van der Waals surface area contributed by atoms with E-state index >= 15 is 0 Å². The van der Waals surface area contributed by atoms with Gasteiger partial charge in [-0.1, -0.05) is 12.1 Å². The molecule has 16 heavy (non-hydrogen) atoms. The van der Waals surface area contributed by atoms with E-state index in [1.807, 2.05) is 24.3 Å². The third-order valence-electron chi connectivity index (χ3n) is 2.95. The van der Waals surface area contributed by atoms with Gasteiger partial charge < -0.3 is 5.32 Å². The van der Waals surface area contributed by atoms with Gasteiger partial charge in [-0.15, -0.1) is 0 Å². The zero-order valence-electron chi connectivity index (χ0n) is 8.85. The Labute approximate surface area is 102 Å². The number of para-hydroxylation sites is 1. The lowest BCUT2D eigenvalue weighted by Crippen LogP contribution is -2.32. The molecule has 1 aromatic carbocycles. The molecule has 0 saturated heterocycles. The van der Waals surface area contributed by atoms with Gasteiger partial charge in [-0.3, -0.25) is 0 Å². The number of alkyl halides is 2. The van der Waals surface area contributed by atoms with E-state index in [1.165, 1.54) is 0 Å². The number of benzene rings is 1. The molecular formula is C12H14BrF2N. The van der Waals surface area contributed by atoms with Crippen molar-refractivity contribution in [3.05, 3.63) is 28.7 Å². The number of hydrogen-bond acceptors (Lipinski definition) is 1. The van der Waals surface area contributed by atoms with Gasteiger partial charge in [-0.25, -0.2) is 8.78 Å². The van der Waals surface area contributed by atoms with Gasteiger partial charge in [-0.05, 0) is 40.9 Å². The normalized spacial score (nSPS) is 20.7. The molecule has 1 aliphatic carbocycles. The minimum absolute atomic E-state index is 0.00484. The van der Waals surface area contributed by atoms with E-state index in [9.17, 15) is 8.78 Å². The molecular weight excluding hydrogens is 276 g/mol. The highest BCUT2D eigenvalue weighted by atomic mass is 79.9. The van der Waals surface area contributed by atoms with E-state index in [-0.39, 0.29) is 18.9 Å². The Kier molecular flexibility index (Phi) is 3.47. The molecule has 88 valence electrons. The van der Waals surface area contributed by atoms with E-state index in [2.05, 4.69) is 21.2 Å². The van der Waals surface area contributed by atoms with E-state index in [1.54, 1.807) is 0 Å². The van der Waals surface area contributed by atoms with Gasteiger partial charge >= 0.3 is 0 Å². The molecule has 2 rings (SSSR count). The molecule has 1 aromatic rings. The van der Waals surface area contributed by atoms with Gasteiger partial charge in [0.05, 0.1) is 0 Å². The fourth-order valence-corrected chi connectivity index (χ4v) is 2.38. The summed E-state index contributed by atoms with van der Waals surface area (Å²) >= 11 is 3.43. The Morgan fingerprint density at radius 2 is 1.81 bits per heavy atom. The second kappa shape index (κ2) is 4.70. The molecule has 1 N–H and O–H groups in total. The van der Waals surface area contributed by atoms with Crippen molar-refractivity contribution >= 4 is 21.6 Å². The lowest BCUT2D eigenvalue weighted by Gasteiger charge is -2.29. The fourth-order valence-electron chi connectivity index (χ4n) is 1.98. The highest BCUT2D eigenvalue weighted by molar-refractivity contribution is 9.10. The molecule has 1 fully saturated rings. The molecule has 0 aliphatic heterocycles. The molecule has 0 heterocycles. The molecule has 1 nitrogen and oxygen atoms in total. The first-order valence-corrected chi connectivity index (χ1v) is 6.25. The van der Waals surface area contributed by atoms with E-state index in [4.69, 9.17) is 0 Å². The van der Waals surface area contributed by atoms with Gasteiger partial charge in [-0.2, -0.15) is 0 Å². The van der Waals surface area contributed by atoms with Crippen LogP contribution in [0.25, 0.3) is 0 Å². The zero-order chi connectivity index (χ0) is 11.6. The van der Waals surface area contributed by atoms with Crippen LogP contribution >= 0.6 is 15.9 Å². The first kappa shape index (κ1) is 11.8. The molecule has 1 saturated carbocycles. The summed E-state index contributed by atoms with van der Waals surface area (Å²) in [4.78, 5) is 0. The largest absolute Gasteiger partial charge is 0.381 e. The van der Waals surface area contributed by atoms with Crippen LogP contribution in [-0.4, -0.2) is 12.0 Å². The van der Waals surface area contributed by atoms with Crippen LogP contribution in [0.15, 0.2) is 28.7 Å². The first-order valence-electron chi connectivity index (χ1n) is 5.46. The Bertz CT molecular complexity index is 358. The van der Waals surface area contributed by atoms with Crippen molar-refractivity contribution in [2.24, 2.45) is 0 Å². The average Bonchev–Trinajstić information content (AvgIpc) is 2.24. The van der Waals surface area contributed by atoms with Crippen LogP contribution in [-0.2, 0) is 0 Å². The zero-order valence-corrected chi connectivity index (χ0v) is 10.4. The standard InChI is InChI=1S/C12H14BrF2N/c13-10-3-1-2-4-11(10)16-9-5-7-12(14,15)8-6-9/h1-4,9,16H,5-8H2. The number of hydrogen-bond donors (Lipinski definition) is 1. The maximum absolute atomic E-state index is 13.0. The molecule has 0 radical (unpaired) electrons. The number of halogens is 3. The van der Waals surface area contributed by atoms with Crippen molar-refractivity contribution in [1.29, 1.82) is 0 Å². The third-order valence-corrected chi connectivity index (χ3v) is 3.64. The summed E-state index contributed by atoms with van der Waals surface area (Å²) in [6, 6.07) is 7.93. The average molecular weight is 290 g/mol. The minimum atomic E-state index is -2.45. The second-order valence-corrected chi connectivity index (χ2v) is 5.11. The van der Waals surface area contributed by atoms with Crippen LogP contribution in [0.1, 0.15) is 25.7 Å². The lowest BCUT2D eigenvalue weighted by atomic mass is 9.92. The minimum Gasteiger partial charge on any atom is -0.381 e. The Morgan fingerprint density at radius 3 is 2.44 bits per heavy atom. The molecule has 0 amide bonds. The van der Waals surface area contributed by atoms with Gasteiger partial charge in [0.1, 0.15) is 0 Å². The summed E-state index contributed by atoms with van der Waals surface area (Å²) in [7, 11) is 0. The molecule has 0 unspecified atom stereocenters. The van der Waals surface area contributed by atoms with E-state index in [0.29, 0.717) is 12.8 Å². The first-order chi connectivity index (χ1) is 7.57. The Morgan fingerprint density at radius 1 is 1.19 bits per heavy atom. The van der Waals surface area contributed by atoms with Gasteiger partial charge in [0.25, 0.3) is 0 Å². The van der Waals surface area contributed by atoms with Crippen molar-refractivity contribution in [3.8, 4) is 0 Å². The summed E-state index contributed by atoms with van der Waals surface area (Å²) in [5.74, 6) is -2.45. The molecule has 0 spiro atoms. The van der Waals surface area contributed by atoms with Crippen molar-refractivity contribution in [2.75, 3.05) is 5.32 Å². The third kappa shape index (κ3) is 2.94. The van der Waals surface area contributed by atoms with Gasteiger partial charge in [0.15, 0.2) is 0 Å². The summed E-state index contributed by atoms with van der Waals surface area (Å²) in [6.45, 7) is 0. The van der Waals surface area contributed by atoms with E-state index < -0.39 is 5.92 Å². The van der Waals surface area contributed by atoms with Crippen molar-refractivity contribution < 1.29 is 8.78 Å². The quantitative estimate of drug-likeness (QED) is 0.849. The van der Waals surface area contributed by atoms with Crippen molar-refractivity contribution in [2.45, 2.75) is 37.6 Å². The van der Waals surface area contributed by atoms with Crippen LogP contribution < -0.4 is 5.32 Å². The highest BCUT2D eigenvalue weighted by Gasteiger charge is 2.34. The van der Waals surface area contributed by atoms with Gasteiger partial charge in [0.2, 0.25) is 5.92 Å². The maximum atomic E-state index is 13.0. The van der Waals surface area contributed by atoms with Crippen LogP contribution in [0.5, 0.6) is 0 Å². The summed E-state index contributed by atoms with van der Waals surface area (Å²) in [6.07, 6.45) is 1.06. The SMILES string of the molecule is FC1(F)CCC(Nc2ccccc2Br)CC1. The number of nitrogens with one attached hydrogen (secondary N) is 1. The van der Waals surface area contributed by atoms with Gasteiger partial charge in [0, 0.05) is 29.0 Å². The fraction of sp³-hybridized carbons (Fsp3) is 0.500. The Balaban J connectivity index is 1.95. The van der Waals surface area contributed by atoms with Crippen LogP contribution in [0.2, 0.25) is 0 Å². The topological polar surface area (TPSA) is 12.0 Å². The number of rotatable bonds is 2. The van der Waals surface area contributed by atoms with Crippen LogP contribution in [0, 0.1) is 0 Å².